The summed E-state index contributed by atoms with van der Waals surface area (Å²) < 4.78 is 0. The molecule has 2 amide bonds. The summed E-state index contributed by atoms with van der Waals surface area (Å²) in [6.07, 6.45) is 0.803. The van der Waals surface area contributed by atoms with Crippen molar-refractivity contribution in [3.05, 3.63) is 28.8 Å². The van der Waals surface area contributed by atoms with Gasteiger partial charge in [-0.2, -0.15) is 0 Å². The summed E-state index contributed by atoms with van der Waals surface area (Å²) in [5, 5.41) is 14.8. The third-order valence-electron chi connectivity index (χ3n) is 3.02. The Morgan fingerprint density at radius 2 is 2.00 bits per heavy atom. The highest BCUT2D eigenvalue weighted by molar-refractivity contribution is 6.31. The number of rotatable bonds is 5. The number of benzene rings is 1. The zero-order chi connectivity index (χ0) is 15.3. The molecule has 5 nitrogen and oxygen atoms in total. The number of carbonyl (C=O) groups excluding carboxylic acids is 1. The standard InChI is InChI=1S/C14H19ClN2O3/c1-4-11(8(2)3)16-14(20)17-12-6-5-9(15)7-10(12)13(18)19/h5-8,11H,4H2,1-3H3,(H,18,19)(H2,16,17,20). The number of carboxylic acid groups (broad SMARTS) is 1. The SMILES string of the molecule is CCC(NC(=O)Nc1ccc(Cl)cc1C(=O)O)C(C)C. The summed E-state index contributed by atoms with van der Waals surface area (Å²) in [5.41, 5.74) is 0.184. The zero-order valence-electron chi connectivity index (χ0n) is 11.7. The van der Waals surface area contributed by atoms with Crippen LogP contribution in [0.15, 0.2) is 18.2 Å². The number of nitrogens with one attached hydrogen (secondary N) is 2. The van der Waals surface area contributed by atoms with Crippen LogP contribution in [0.5, 0.6) is 0 Å². The first-order valence-corrected chi connectivity index (χ1v) is 6.83. The molecule has 0 fully saturated rings. The zero-order valence-corrected chi connectivity index (χ0v) is 12.5. The molecule has 0 aromatic heterocycles. The number of halogens is 1. The maximum atomic E-state index is 11.9. The van der Waals surface area contributed by atoms with E-state index in [9.17, 15) is 9.59 Å². The number of hydrogen-bond acceptors (Lipinski definition) is 2. The highest BCUT2D eigenvalue weighted by atomic mass is 35.5. The molecule has 1 aromatic carbocycles. The van der Waals surface area contributed by atoms with Crippen LogP contribution < -0.4 is 10.6 Å². The second-order valence-corrected chi connectivity index (χ2v) is 5.29. The van der Waals surface area contributed by atoms with Crippen LogP contribution >= 0.6 is 11.6 Å². The first kappa shape index (κ1) is 16.3. The van der Waals surface area contributed by atoms with E-state index in [1.165, 1.54) is 18.2 Å². The van der Waals surface area contributed by atoms with Crippen LogP contribution in [0.4, 0.5) is 10.5 Å². The quantitative estimate of drug-likeness (QED) is 0.777. The van der Waals surface area contributed by atoms with Crippen molar-refractivity contribution in [1.82, 2.24) is 5.32 Å². The molecule has 0 heterocycles. The Balaban J connectivity index is 2.83. The molecule has 0 saturated carbocycles. The molecule has 110 valence electrons. The normalized spacial score (nSPS) is 12.1. The van der Waals surface area contributed by atoms with Gasteiger partial charge in [0, 0.05) is 11.1 Å². The number of amides is 2. The van der Waals surface area contributed by atoms with E-state index in [0.29, 0.717) is 10.9 Å². The van der Waals surface area contributed by atoms with Gasteiger partial charge in [-0.3, -0.25) is 0 Å². The highest BCUT2D eigenvalue weighted by Crippen LogP contribution is 2.20. The maximum absolute atomic E-state index is 11.9. The van der Waals surface area contributed by atoms with Crippen LogP contribution in [-0.4, -0.2) is 23.1 Å². The third kappa shape index (κ3) is 4.42. The molecule has 0 aliphatic carbocycles. The molecule has 0 bridgehead atoms. The van der Waals surface area contributed by atoms with E-state index >= 15 is 0 Å². The first-order valence-electron chi connectivity index (χ1n) is 6.45. The summed E-state index contributed by atoms with van der Waals surface area (Å²) in [6, 6.07) is 3.93. The maximum Gasteiger partial charge on any atom is 0.337 e. The number of carbonyl (C=O) groups is 2. The molecular formula is C14H19ClN2O3. The third-order valence-corrected chi connectivity index (χ3v) is 3.26. The van der Waals surface area contributed by atoms with Crippen LogP contribution in [0, 0.1) is 5.92 Å². The largest absolute Gasteiger partial charge is 0.478 e. The van der Waals surface area contributed by atoms with Gasteiger partial charge in [-0.05, 0) is 30.5 Å². The predicted octanol–water partition coefficient (Wildman–Crippen LogP) is 3.59. The van der Waals surface area contributed by atoms with Gasteiger partial charge in [0.25, 0.3) is 0 Å². The van der Waals surface area contributed by atoms with Crippen molar-refractivity contribution in [3.63, 3.8) is 0 Å². The van der Waals surface area contributed by atoms with E-state index in [1.54, 1.807) is 0 Å². The summed E-state index contributed by atoms with van der Waals surface area (Å²) in [7, 11) is 0. The van der Waals surface area contributed by atoms with Crippen molar-refractivity contribution in [2.24, 2.45) is 5.92 Å². The van der Waals surface area contributed by atoms with Crippen molar-refractivity contribution in [2.45, 2.75) is 33.2 Å². The molecule has 3 N–H and O–H groups in total. The highest BCUT2D eigenvalue weighted by Gasteiger charge is 2.16. The van der Waals surface area contributed by atoms with Gasteiger partial charge in [-0.25, -0.2) is 9.59 Å². The lowest BCUT2D eigenvalue weighted by molar-refractivity contribution is 0.0698. The van der Waals surface area contributed by atoms with Gasteiger partial charge in [-0.15, -0.1) is 0 Å². The fraction of sp³-hybridized carbons (Fsp3) is 0.429. The molecular weight excluding hydrogens is 280 g/mol. The number of urea groups is 1. The van der Waals surface area contributed by atoms with Gasteiger partial charge in [0.05, 0.1) is 11.3 Å². The molecule has 0 aliphatic heterocycles. The van der Waals surface area contributed by atoms with Gasteiger partial charge in [0.15, 0.2) is 0 Å². The Morgan fingerprint density at radius 1 is 1.35 bits per heavy atom. The van der Waals surface area contributed by atoms with Gasteiger partial charge < -0.3 is 15.7 Å². The average Bonchev–Trinajstić information content (AvgIpc) is 2.37. The number of carboxylic acids is 1. The fourth-order valence-corrected chi connectivity index (χ4v) is 2.04. The average molecular weight is 299 g/mol. The van der Waals surface area contributed by atoms with Crippen molar-refractivity contribution >= 4 is 29.3 Å². The molecule has 1 unspecified atom stereocenters. The minimum atomic E-state index is -1.14. The monoisotopic (exact) mass is 298 g/mol. The number of aromatic carboxylic acids is 1. The molecule has 1 rings (SSSR count). The Kier molecular flexibility index (Phi) is 5.82. The Morgan fingerprint density at radius 3 is 2.50 bits per heavy atom. The lowest BCUT2D eigenvalue weighted by atomic mass is 10.0. The van der Waals surface area contributed by atoms with E-state index in [0.717, 1.165) is 6.42 Å². The Labute approximate surface area is 123 Å². The second kappa shape index (κ2) is 7.14. The minimum absolute atomic E-state index is 0.0368. The number of anilines is 1. The van der Waals surface area contributed by atoms with Crippen LogP contribution in [-0.2, 0) is 0 Å². The summed E-state index contributed by atoms with van der Waals surface area (Å²) in [4.78, 5) is 23.0. The van der Waals surface area contributed by atoms with Crippen LogP contribution in [0.3, 0.4) is 0 Å². The van der Waals surface area contributed by atoms with Crippen molar-refractivity contribution in [1.29, 1.82) is 0 Å². The lowest BCUT2D eigenvalue weighted by Crippen LogP contribution is -2.40. The van der Waals surface area contributed by atoms with Crippen LogP contribution in [0.1, 0.15) is 37.6 Å². The van der Waals surface area contributed by atoms with Gasteiger partial charge >= 0.3 is 12.0 Å². The van der Waals surface area contributed by atoms with Gasteiger partial charge in [-0.1, -0.05) is 32.4 Å². The topological polar surface area (TPSA) is 78.4 Å². The Hall–Kier alpha value is -1.75. The molecule has 0 spiro atoms. The van der Waals surface area contributed by atoms with Gasteiger partial charge in [0.1, 0.15) is 0 Å². The van der Waals surface area contributed by atoms with Crippen molar-refractivity contribution in [2.75, 3.05) is 5.32 Å². The van der Waals surface area contributed by atoms with Crippen molar-refractivity contribution < 1.29 is 14.7 Å². The Bertz CT molecular complexity index is 503. The number of hydrogen-bond donors (Lipinski definition) is 3. The van der Waals surface area contributed by atoms with E-state index in [-0.39, 0.29) is 17.3 Å². The smallest absolute Gasteiger partial charge is 0.337 e. The molecule has 0 radical (unpaired) electrons. The summed E-state index contributed by atoms with van der Waals surface area (Å²) >= 11 is 5.75. The molecule has 0 aliphatic rings. The van der Waals surface area contributed by atoms with Gasteiger partial charge in [0.2, 0.25) is 0 Å². The van der Waals surface area contributed by atoms with Crippen molar-refractivity contribution in [3.8, 4) is 0 Å². The van der Waals surface area contributed by atoms with E-state index in [1.807, 2.05) is 20.8 Å². The first-order chi connectivity index (χ1) is 9.35. The lowest BCUT2D eigenvalue weighted by Gasteiger charge is -2.21. The minimum Gasteiger partial charge on any atom is -0.478 e. The molecule has 20 heavy (non-hydrogen) atoms. The predicted molar refractivity (Wildman–Crippen MR) is 79.5 cm³/mol. The van der Waals surface area contributed by atoms with Crippen LogP contribution in [0.25, 0.3) is 0 Å². The molecule has 1 atom stereocenters. The van der Waals surface area contributed by atoms with E-state index < -0.39 is 12.0 Å². The molecule has 0 saturated heterocycles. The van der Waals surface area contributed by atoms with E-state index in [2.05, 4.69) is 10.6 Å². The van der Waals surface area contributed by atoms with E-state index in [4.69, 9.17) is 16.7 Å². The fourth-order valence-electron chi connectivity index (χ4n) is 1.87. The van der Waals surface area contributed by atoms with Crippen LogP contribution in [0.2, 0.25) is 5.02 Å². The second-order valence-electron chi connectivity index (χ2n) is 4.85. The summed E-state index contributed by atoms with van der Waals surface area (Å²) in [6.45, 7) is 6.01. The summed E-state index contributed by atoms with van der Waals surface area (Å²) in [5.74, 6) is -0.839. The molecule has 1 aromatic rings. The molecule has 6 heteroatoms.